The minimum atomic E-state index is -3.61. The fourth-order valence-electron chi connectivity index (χ4n) is 11.8. The SMILES string of the molecule is B[C@]1(CCS(=O)(=O)NCC[C@@]2(C)O[C@@H]3O[C@]4(C)CC[C@H]5[C@H](C)CC[C@@H]([C@H]2C)[C@@]35OO4)O[C@@H]2O[C@]3(C)CC[C@H]4[C@H](C)CC[C@@H]([C@H]1C)[C@@]24OO3. The Morgan fingerprint density at radius 1 is 0.646 bits per heavy atom. The van der Waals surface area contributed by atoms with Crippen LogP contribution >= 0.6 is 0 Å². The zero-order valence-corrected chi connectivity index (χ0v) is 31.1. The van der Waals surface area contributed by atoms with E-state index in [-0.39, 0.29) is 41.9 Å². The van der Waals surface area contributed by atoms with Gasteiger partial charge in [-0.15, -0.1) is 0 Å². The van der Waals surface area contributed by atoms with E-state index in [0.29, 0.717) is 30.6 Å². The Hall–Kier alpha value is -0.345. The molecular formula is C35H58BNO10S. The Balaban J connectivity index is 0.939. The van der Waals surface area contributed by atoms with Crippen LogP contribution in [0.15, 0.2) is 0 Å². The van der Waals surface area contributed by atoms with Crippen LogP contribution in [0.4, 0.5) is 0 Å². The van der Waals surface area contributed by atoms with Gasteiger partial charge in [0.1, 0.15) is 7.85 Å². The van der Waals surface area contributed by atoms with E-state index in [1.807, 2.05) is 13.8 Å². The molecule has 1 N–H and O–H groups in total. The fourth-order valence-corrected chi connectivity index (χ4v) is 13.0. The lowest BCUT2D eigenvalue weighted by Gasteiger charge is -2.63. The van der Waals surface area contributed by atoms with E-state index in [0.717, 1.165) is 51.4 Å². The number of ether oxygens (including phenoxy) is 4. The van der Waals surface area contributed by atoms with Gasteiger partial charge < -0.3 is 18.9 Å². The standard InChI is InChI=1S/C35H58BNO10S/c1-20-8-10-26-22(3)30(5,40-28-34(26)24(20)12-14-31(6,41-28)44-46-34)16-18-37-48(38,39)19-17-33(36)23(4)27-11-9-21(2)25-13-15-32(7)42-29(43-33)35(25,27)47-45-32/h20-29,37H,8-19,36H2,1-7H3/t20-,21-,22-,23-,24+,25+,26+,27+,28-,29+,30-,31+,32+,33-,34-,35-/m1/s1. The van der Waals surface area contributed by atoms with Crippen molar-refractivity contribution >= 4 is 17.9 Å². The molecule has 0 aromatic carbocycles. The number of hydrogen-bond acceptors (Lipinski definition) is 10. The first kappa shape index (κ1) is 34.7. The molecule has 0 aromatic rings. The first-order valence-corrected chi connectivity index (χ1v) is 20.6. The molecule has 8 aliphatic heterocycles. The second kappa shape index (κ2) is 11.3. The summed E-state index contributed by atoms with van der Waals surface area (Å²) in [6, 6.07) is 0. The van der Waals surface area contributed by atoms with Crippen molar-refractivity contribution in [2.45, 2.75) is 159 Å². The van der Waals surface area contributed by atoms with Crippen LogP contribution in [-0.2, 0) is 48.5 Å². The van der Waals surface area contributed by atoms with Gasteiger partial charge >= 0.3 is 0 Å². The highest BCUT2D eigenvalue weighted by atomic mass is 32.2. The number of hydrogen-bond donors (Lipinski definition) is 1. The molecule has 10 rings (SSSR count). The highest BCUT2D eigenvalue weighted by molar-refractivity contribution is 7.89. The predicted molar refractivity (Wildman–Crippen MR) is 177 cm³/mol. The first-order chi connectivity index (χ1) is 22.5. The molecule has 0 radical (unpaired) electrons. The van der Waals surface area contributed by atoms with Crippen LogP contribution in [0.2, 0.25) is 0 Å². The van der Waals surface area contributed by atoms with Gasteiger partial charge in [-0.25, -0.2) is 32.7 Å². The molecule has 13 heteroatoms. The van der Waals surface area contributed by atoms with Gasteiger partial charge in [-0.1, -0.05) is 27.7 Å². The summed E-state index contributed by atoms with van der Waals surface area (Å²) in [5.74, 6) is 0.291. The molecule has 16 atom stereocenters. The average Bonchev–Trinajstić information content (AvgIpc) is 3.39. The molecule has 11 nitrogen and oxygen atoms in total. The number of rotatable bonds is 7. The topological polar surface area (TPSA) is 120 Å². The summed E-state index contributed by atoms with van der Waals surface area (Å²) in [6.07, 6.45) is 7.39. The summed E-state index contributed by atoms with van der Waals surface area (Å²) in [4.78, 5) is 24.5. The summed E-state index contributed by atoms with van der Waals surface area (Å²) >= 11 is 0. The third kappa shape index (κ3) is 5.02. The van der Waals surface area contributed by atoms with E-state index in [4.69, 9.17) is 38.5 Å². The summed E-state index contributed by atoms with van der Waals surface area (Å²) in [7, 11) is -1.56. The third-order valence-corrected chi connectivity index (χ3v) is 16.6. The first-order valence-electron chi connectivity index (χ1n) is 18.9. The van der Waals surface area contributed by atoms with Crippen molar-refractivity contribution in [1.82, 2.24) is 4.72 Å². The fraction of sp³-hybridized carbons (Fsp3) is 1.00. The molecule has 10 aliphatic rings. The van der Waals surface area contributed by atoms with Crippen LogP contribution in [0.3, 0.4) is 0 Å². The molecule has 0 amide bonds. The summed E-state index contributed by atoms with van der Waals surface area (Å²) in [5, 5.41) is 0. The average molecular weight is 696 g/mol. The van der Waals surface area contributed by atoms with Crippen molar-refractivity contribution in [2.24, 2.45) is 47.3 Å². The monoisotopic (exact) mass is 695 g/mol. The van der Waals surface area contributed by atoms with E-state index in [2.05, 4.69) is 47.2 Å². The maximum atomic E-state index is 13.6. The van der Waals surface area contributed by atoms with Gasteiger partial charge in [-0.2, -0.15) is 0 Å². The Bertz CT molecular complexity index is 1390. The summed E-state index contributed by atoms with van der Waals surface area (Å²) in [6.45, 7) is 15.3. The smallest absolute Gasteiger partial charge is 0.211 e. The van der Waals surface area contributed by atoms with E-state index < -0.39 is 56.5 Å². The zero-order chi connectivity index (χ0) is 34.1. The third-order valence-electron chi connectivity index (χ3n) is 15.2. The van der Waals surface area contributed by atoms with Crippen LogP contribution in [0.25, 0.3) is 0 Å². The van der Waals surface area contributed by atoms with Gasteiger partial charge in [0.05, 0.1) is 11.4 Å². The molecule has 272 valence electrons. The van der Waals surface area contributed by atoms with Crippen molar-refractivity contribution in [3.8, 4) is 0 Å². The van der Waals surface area contributed by atoms with Crippen molar-refractivity contribution in [2.75, 3.05) is 12.3 Å². The van der Waals surface area contributed by atoms with E-state index in [1.165, 1.54) is 0 Å². The Morgan fingerprint density at radius 3 is 1.73 bits per heavy atom. The lowest BCUT2D eigenvalue weighted by atomic mass is 9.52. The second-order valence-electron chi connectivity index (χ2n) is 18.0. The van der Waals surface area contributed by atoms with Gasteiger partial charge in [0.2, 0.25) is 21.6 Å². The van der Waals surface area contributed by atoms with Crippen LogP contribution in [-0.4, -0.2) is 75.0 Å². The van der Waals surface area contributed by atoms with E-state index >= 15 is 0 Å². The van der Waals surface area contributed by atoms with Crippen LogP contribution < -0.4 is 4.72 Å². The quantitative estimate of drug-likeness (QED) is 0.301. The van der Waals surface area contributed by atoms with Crippen molar-refractivity contribution < 1.29 is 46.9 Å². The van der Waals surface area contributed by atoms with Crippen LogP contribution in [0, 0.1) is 47.3 Å². The molecule has 10 fully saturated rings. The Labute approximate surface area is 287 Å². The second-order valence-corrected chi connectivity index (χ2v) is 19.9. The lowest BCUT2D eigenvalue weighted by Crippen LogP contribution is -2.73. The molecule has 2 aliphatic carbocycles. The largest absolute Gasteiger partial charge is 0.352 e. The van der Waals surface area contributed by atoms with Crippen molar-refractivity contribution in [3.63, 3.8) is 0 Å². The van der Waals surface area contributed by atoms with Crippen molar-refractivity contribution in [1.29, 1.82) is 0 Å². The number of fused-ring (bicyclic) bond motifs is 4. The summed E-state index contributed by atoms with van der Waals surface area (Å²) in [5.41, 5.74) is -2.60. The minimum Gasteiger partial charge on any atom is -0.352 e. The molecular weight excluding hydrogens is 637 g/mol. The molecule has 2 saturated carbocycles. The predicted octanol–water partition coefficient (Wildman–Crippen LogP) is 4.54. The zero-order valence-electron chi connectivity index (χ0n) is 30.2. The normalized spacial score (nSPS) is 57.3. The Kier molecular flexibility index (Phi) is 8.19. The number of sulfonamides is 1. The van der Waals surface area contributed by atoms with Gasteiger partial charge in [-0.05, 0) is 108 Å². The maximum absolute atomic E-state index is 13.6. The van der Waals surface area contributed by atoms with Crippen LogP contribution in [0.1, 0.15) is 113 Å². The summed E-state index contributed by atoms with van der Waals surface area (Å²) < 4.78 is 56.9. The number of nitrogens with one attached hydrogen (secondary N) is 1. The molecule has 0 unspecified atom stereocenters. The minimum absolute atomic E-state index is 0.0393. The van der Waals surface area contributed by atoms with Gasteiger partial charge in [0.15, 0.2) is 23.8 Å². The van der Waals surface area contributed by atoms with E-state index in [9.17, 15) is 8.42 Å². The highest BCUT2D eigenvalue weighted by Gasteiger charge is 2.72. The molecule has 48 heavy (non-hydrogen) atoms. The highest BCUT2D eigenvalue weighted by Crippen LogP contribution is 2.64. The van der Waals surface area contributed by atoms with Gasteiger partial charge in [0, 0.05) is 36.7 Å². The molecule has 8 heterocycles. The lowest BCUT2D eigenvalue weighted by molar-refractivity contribution is -0.576. The maximum Gasteiger partial charge on any atom is 0.211 e. The van der Waals surface area contributed by atoms with Gasteiger partial charge in [0.25, 0.3) is 0 Å². The molecule has 8 saturated heterocycles. The molecule has 0 aromatic heterocycles. The Morgan fingerprint density at radius 2 is 1.17 bits per heavy atom. The molecule has 4 bridgehead atoms. The van der Waals surface area contributed by atoms with Crippen molar-refractivity contribution in [3.05, 3.63) is 0 Å². The van der Waals surface area contributed by atoms with E-state index in [1.54, 1.807) is 0 Å². The van der Waals surface area contributed by atoms with Crippen LogP contribution in [0.5, 0.6) is 0 Å². The van der Waals surface area contributed by atoms with Gasteiger partial charge in [-0.3, -0.25) is 0 Å². The molecule has 2 spiro atoms.